The van der Waals surface area contributed by atoms with E-state index in [9.17, 15) is 4.79 Å². The number of aromatic nitrogens is 1. The number of hydrogen-bond donors (Lipinski definition) is 0. The van der Waals surface area contributed by atoms with Gasteiger partial charge in [-0.3, -0.25) is 0 Å². The predicted molar refractivity (Wildman–Crippen MR) is 57.9 cm³/mol. The lowest BCUT2D eigenvalue weighted by molar-refractivity contribution is 0.0593. The first kappa shape index (κ1) is 12.3. The number of carbonyl (C=O) groups is 1. The molecule has 0 saturated heterocycles. The van der Waals surface area contributed by atoms with E-state index in [4.69, 9.17) is 9.47 Å². The normalized spacial score (nSPS) is 9.69. The van der Waals surface area contributed by atoms with E-state index in [1.54, 1.807) is 0 Å². The average Bonchev–Trinajstić information content (AvgIpc) is 2.35. The Hall–Kier alpha value is -1.78. The van der Waals surface area contributed by atoms with Crippen LogP contribution in [0.15, 0.2) is 12.3 Å². The Balaban J connectivity index is 2.92. The number of hydrogen-bond acceptors (Lipinski definition) is 5. The fourth-order valence-electron chi connectivity index (χ4n) is 1.12. The van der Waals surface area contributed by atoms with E-state index >= 15 is 0 Å². The quantitative estimate of drug-likeness (QED) is 0.713. The second-order valence-corrected chi connectivity index (χ2v) is 3.06. The van der Waals surface area contributed by atoms with Crippen molar-refractivity contribution in [3.8, 4) is 11.5 Å². The molecular weight excluding hydrogens is 210 g/mol. The summed E-state index contributed by atoms with van der Waals surface area (Å²) in [5, 5.41) is 0. The van der Waals surface area contributed by atoms with Crippen LogP contribution in [0, 0.1) is 0 Å². The minimum absolute atomic E-state index is 0.197. The van der Waals surface area contributed by atoms with Gasteiger partial charge in [-0.1, -0.05) is 6.92 Å². The minimum atomic E-state index is -0.500. The van der Waals surface area contributed by atoms with E-state index in [1.165, 1.54) is 26.5 Å². The topological polar surface area (TPSA) is 57.7 Å². The molecule has 0 aromatic carbocycles. The van der Waals surface area contributed by atoms with Crippen LogP contribution in [0.5, 0.6) is 11.5 Å². The number of methoxy groups -OCH3 is 2. The monoisotopic (exact) mass is 225 g/mol. The Morgan fingerprint density at radius 1 is 1.38 bits per heavy atom. The van der Waals surface area contributed by atoms with Crippen LogP contribution in [0.1, 0.15) is 23.8 Å². The molecule has 0 atom stereocenters. The lowest BCUT2D eigenvalue weighted by atomic mass is 10.3. The van der Waals surface area contributed by atoms with Crippen LogP contribution in [0.25, 0.3) is 0 Å². The summed E-state index contributed by atoms with van der Waals surface area (Å²) in [6.07, 6.45) is 2.35. The molecule has 0 N–H and O–H groups in total. The molecular formula is C11H15NO4. The molecule has 88 valence electrons. The molecule has 0 unspecified atom stereocenters. The number of esters is 1. The fraction of sp³-hybridized carbons (Fsp3) is 0.455. The summed E-state index contributed by atoms with van der Waals surface area (Å²) in [5.41, 5.74) is 0.197. The van der Waals surface area contributed by atoms with Crippen LogP contribution in [-0.2, 0) is 4.74 Å². The van der Waals surface area contributed by atoms with Gasteiger partial charge in [0.1, 0.15) is 0 Å². The summed E-state index contributed by atoms with van der Waals surface area (Å²) in [6.45, 7) is 2.58. The average molecular weight is 225 g/mol. The molecule has 0 saturated carbocycles. The molecule has 16 heavy (non-hydrogen) atoms. The Bertz CT molecular complexity index is 365. The molecule has 0 aliphatic heterocycles. The number of nitrogens with zero attached hydrogens (tertiary/aromatic N) is 1. The van der Waals surface area contributed by atoms with Gasteiger partial charge in [-0.25, -0.2) is 9.78 Å². The number of carbonyl (C=O) groups excluding carboxylic acids is 1. The van der Waals surface area contributed by atoms with Crippen molar-refractivity contribution < 1.29 is 19.0 Å². The van der Waals surface area contributed by atoms with Gasteiger partial charge in [-0.15, -0.1) is 0 Å². The van der Waals surface area contributed by atoms with Gasteiger partial charge in [0.05, 0.1) is 27.0 Å². The zero-order valence-corrected chi connectivity index (χ0v) is 9.65. The summed E-state index contributed by atoms with van der Waals surface area (Å²) < 4.78 is 15.1. The van der Waals surface area contributed by atoms with Gasteiger partial charge in [0.2, 0.25) is 0 Å². The molecule has 1 heterocycles. The van der Waals surface area contributed by atoms with Crippen molar-refractivity contribution in [2.24, 2.45) is 0 Å². The van der Waals surface area contributed by atoms with Gasteiger partial charge in [0.25, 0.3) is 0 Å². The number of pyridine rings is 1. The largest absolute Gasteiger partial charge is 0.493 e. The third kappa shape index (κ3) is 2.85. The Morgan fingerprint density at radius 3 is 2.69 bits per heavy atom. The summed E-state index contributed by atoms with van der Waals surface area (Å²) in [7, 11) is 2.81. The first-order valence-corrected chi connectivity index (χ1v) is 4.98. The summed E-state index contributed by atoms with van der Waals surface area (Å²) in [6, 6.07) is 1.50. The maximum atomic E-state index is 11.2. The lowest BCUT2D eigenvalue weighted by Gasteiger charge is -2.10. The van der Waals surface area contributed by atoms with Gasteiger partial charge >= 0.3 is 5.97 Å². The molecule has 5 heteroatoms. The second-order valence-electron chi connectivity index (χ2n) is 3.06. The van der Waals surface area contributed by atoms with Crippen LogP contribution in [0.3, 0.4) is 0 Å². The molecule has 0 spiro atoms. The standard InChI is InChI=1S/C11H15NO4/c1-4-5-16-10-7-12-8(11(13)15-3)6-9(10)14-2/h6-7H,4-5H2,1-3H3. The van der Waals surface area contributed by atoms with Crippen LogP contribution >= 0.6 is 0 Å². The summed E-state index contributed by atoms with van der Waals surface area (Å²) in [5.74, 6) is 0.501. The third-order valence-corrected chi connectivity index (χ3v) is 1.91. The van der Waals surface area contributed by atoms with E-state index in [0.717, 1.165) is 6.42 Å². The van der Waals surface area contributed by atoms with Crippen molar-refractivity contribution >= 4 is 5.97 Å². The van der Waals surface area contributed by atoms with Crippen LogP contribution in [-0.4, -0.2) is 31.8 Å². The van der Waals surface area contributed by atoms with E-state index in [0.29, 0.717) is 18.1 Å². The molecule has 5 nitrogen and oxygen atoms in total. The first-order chi connectivity index (χ1) is 7.72. The highest BCUT2D eigenvalue weighted by atomic mass is 16.5. The van der Waals surface area contributed by atoms with Crippen LogP contribution in [0.4, 0.5) is 0 Å². The third-order valence-electron chi connectivity index (χ3n) is 1.91. The number of ether oxygens (including phenoxy) is 3. The van der Waals surface area contributed by atoms with Crippen LogP contribution < -0.4 is 9.47 Å². The maximum absolute atomic E-state index is 11.2. The lowest BCUT2D eigenvalue weighted by Crippen LogP contribution is -2.06. The molecule has 0 bridgehead atoms. The van der Waals surface area contributed by atoms with E-state index in [2.05, 4.69) is 9.72 Å². The van der Waals surface area contributed by atoms with Crippen molar-refractivity contribution in [3.63, 3.8) is 0 Å². The van der Waals surface area contributed by atoms with Crippen molar-refractivity contribution in [2.75, 3.05) is 20.8 Å². The van der Waals surface area contributed by atoms with Crippen molar-refractivity contribution in [2.45, 2.75) is 13.3 Å². The molecule has 1 aromatic rings. The minimum Gasteiger partial charge on any atom is -0.493 e. The predicted octanol–water partition coefficient (Wildman–Crippen LogP) is 1.67. The summed E-state index contributed by atoms with van der Waals surface area (Å²) >= 11 is 0. The smallest absolute Gasteiger partial charge is 0.356 e. The zero-order valence-electron chi connectivity index (χ0n) is 9.65. The molecule has 0 aliphatic rings. The highest BCUT2D eigenvalue weighted by Crippen LogP contribution is 2.26. The molecule has 0 amide bonds. The molecule has 1 rings (SSSR count). The van der Waals surface area contributed by atoms with Gasteiger partial charge in [-0.2, -0.15) is 0 Å². The van der Waals surface area contributed by atoms with Gasteiger partial charge < -0.3 is 14.2 Å². The highest BCUT2D eigenvalue weighted by Gasteiger charge is 2.12. The van der Waals surface area contributed by atoms with Crippen molar-refractivity contribution in [1.82, 2.24) is 4.98 Å². The van der Waals surface area contributed by atoms with E-state index in [1.807, 2.05) is 6.92 Å². The highest BCUT2D eigenvalue weighted by molar-refractivity contribution is 5.87. The molecule has 1 aromatic heterocycles. The maximum Gasteiger partial charge on any atom is 0.356 e. The SMILES string of the molecule is CCCOc1cnc(C(=O)OC)cc1OC. The Kier molecular flexibility index (Phi) is 4.57. The Labute approximate surface area is 94.3 Å². The van der Waals surface area contributed by atoms with Gasteiger partial charge in [0, 0.05) is 6.07 Å². The second kappa shape index (κ2) is 5.95. The van der Waals surface area contributed by atoms with Crippen molar-refractivity contribution in [3.05, 3.63) is 18.0 Å². The zero-order chi connectivity index (χ0) is 12.0. The molecule has 0 fully saturated rings. The first-order valence-electron chi connectivity index (χ1n) is 4.98. The fourth-order valence-corrected chi connectivity index (χ4v) is 1.12. The van der Waals surface area contributed by atoms with Gasteiger partial charge in [-0.05, 0) is 6.42 Å². The molecule has 0 radical (unpaired) electrons. The van der Waals surface area contributed by atoms with Gasteiger partial charge in [0.15, 0.2) is 17.2 Å². The molecule has 0 aliphatic carbocycles. The number of rotatable bonds is 5. The van der Waals surface area contributed by atoms with Crippen molar-refractivity contribution in [1.29, 1.82) is 0 Å². The van der Waals surface area contributed by atoms with E-state index in [-0.39, 0.29) is 5.69 Å². The van der Waals surface area contributed by atoms with Crippen LogP contribution in [0.2, 0.25) is 0 Å². The Morgan fingerprint density at radius 2 is 2.12 bits per heavy atom. The van der Waals surface area contributed by atoms with E-state index < -0.39 is 5.97 Å². The summed E-state index contributed by atoms with van der Waals surface area (Å²) in [4.78, 5) is 15.2.